The maximum Gasteiger partial charge on any atom is 0.337 e. The molecule has 22 heavy (non-hydrogen) atoms. The van der Waals surface area contributed by atoms with Crippen molar-refractivity contribution >= 4 is 33.3 Å². The van der Waals surface area contributed by atoms with Crippen LogP contribution in [0.1, 0.15) is 10.4 Å². The van der Waals surface area contributed by atoms with Crippen molar-refractivity contribution in [1.29, 1.82) is 0 Å². The van der Waals surface area contributed by atoms with E-state index in [1.165, 1.54) is 49.6 Å². The number of carboxylic acids is 1. The molecule has 2 aromatic rings. The van der Waals surface area contributed by atoms with E-state index in [4.69, 9.17) is 21.4 Å². The van der Waals surface area contributed by atoms with Crippen molar-refractivity contribution < 1.29 is 23.1 Å². The van der Waals surface area contributed by atoms with Gasteiger partial charge < -0.3 is 9.84 Å². The lowest BCUT2D eigenvalue weighted by molar-refractivity contribution is 0.0698. The highest BCUT2D eigenvalue weighted by Crippen LogP contribution is 2.29. The summed E-state index contributed by atoms with van der Waals surface area (Å²) in [5.74, 6) is -1.14. The van der Waals surface area contributed by atoms with Crippen molar-refractivity contribution in [2.75, 3.05) is 11.8 Å². The van der Waals surface area contributed by atoms with Crippen molar-refractivity contribution in [2.24, 2.45) is 0 Å². The summed E-state index contributed by atoms with van der Waals surface area (Å²) in [7, 11) is -2.73. The van der Waals surface area contributed by atoms with Gasteiger partial charge in [0.05, 0.1) is 18.4 Å². The number of ether oxygens (including phenoxy) is 1. The first-order chi connectivity index (χ1) is 10.3. The van der Waals surface area contributed by atoms with Gasteiger partial charge in [-0.25, -0.2) is 13.2 Å². The highest BCUT2D eigenvalue weighted by atomic mass is 35.5. The van der Waals surface area contributed by atoms with Gasteiger partial charge in [0.25, 0.3) is 10.0 Å². The van der Waals surface area contributed by atoms with Gasteiger partial charge in [0, 0.05) is 5.02 Å². The number of rotatable bonds is 5. The summed E-state index contributed by atoms with van der Waals surface area (Å²) in [6.07, 6.45) is 0. The van der Waals surface area contributed by atoms with Gasteiger partial charge in [-0.05, 0) is 30.3 Å². The van der Waals surface area contributed by atoms with E-state index >= 15 is 0 Å². The second-order valence-electron chi connectivity index (χ2n) is 4.25. The van der Waals surface area contributed by atoms with Gasteiger partial charge in [-0.2, -0.15) is 0 Å². The Balaban J connectivity index is 2.50. The number of sulfonamides is 1. The van der Waals surface area contributed by atoms with Gasteiger partial charge in [-0.1, -0.05) is 23.7 Å². The fourth-order valence-electron chi connectivity index (χ4n) is 1.82. The average Bonchev–Trinajstić information content (AvgIpc) is 2.47. The highest BCUT2D eigenvalue weighted by molar-refractivity contribution is 7.92. The number of nitrogens with one attached hydrogen (secondary N) is 1. The van der Waals surface area contributed by atoms with Gasteiger partial charge in [0.2, 0.25) is 0 Å². The summed E-state index contributed by atoms with van der Waals surface area (Å²) in [6.45, 7) is 0. The zero-order valence-corrected chi connectivity index (χ0v) is 13.0. The Kier molecular flexibility index (Phi) is 4.58. The topological polar surface area (TPSA) is 92.7 Å². The zero-order valence-electron chi connectivity index (χ0n) is 11.4. The summed E-state index contributed by atoms with van der Waals surface area (Å²) in [5, 5.41) is 9.31. The third-order valence-corrected chi connectivity index (χ3v) is 4.44. The Bertz CT molecular complexity index is 820. The van der Waals surface area contributed by atoms with Crippen LogP contribution in [0.15, 0.2) is 47.4 Å². The van der Waals surface area contributed by atoms with Crippen LogP contribution in [0.4, 0.5) is 5.69 Å². The molecule has 0 spiro atoms. The molecule has 0 amide bonds. The lowest BCUT2D eigenvalue weighted by Gasteiger charge is -2.13. The van der Waals surface area contributed by atoms with Crippen molar-refractivity contribution in [3.8, 4) is 5.75 Å². The number of carboxylic acid groups (broad SMARTS) is 1. The highest BCUT2D eigenvalue weighted by Gasteiger charge is 2.22. The van der Waals surface area contributed by atoms with E-state index in [2.05, 4.69) is 4.72 Å². The molecule has 0 bridgehead atoms. The number of carbonyl (C=O) groups is 1. The molecule has 0 aliphatic carbocycles. The summed E-state index contributed by atoms with van der Waals surface area (Å²) in [6, 6.07) is 9.82. The molecule has 6 nitrogen and oxygen atoms in total. The van der Waals surface area contributed by atoms with E-state index in [0.717, 1.165) is 0 Å². The van der Waals surface area contributed by atoms with E-state index in [1.807, 2.05) is 0 Å². The first kappa shape index (κ1) is 16.1. The van der Waals surface area contributed by atoms with E-state index in [9.17, 15) is 13.2 Å². The normalized spacial score (nSPS) is 11.0. The summed E-state index contributed by atoms with van der Waals surface area (Å²) >= 11 is 5.82. The predicted molar refractivity (Wildman–Crippen MR) is 82.2 cm³/mol. The number of hydrogen-bond donors (Lipinski definition) is 2. The SMILES string of the molecule is COc1ccc(Cl)cc1S(=O)(=O)Nc1ccccc1C(=O)O. The molecule has 116 valence electrons. The van der Waals surface area contributed by atoms with Crippen LogP contribution in [0.5, 0.6) is 5.75 Å². The number of hydrogen-bond acceptors (Lipinski definition) is 4. The smallest absolute Gasteiger partial charge is 0.337 e. The third kappa shape index (κ3) is 3.32. The van der Waals surface area contributed by atoms with Crippen LogP contribution in [-0.2, 0) is 10.0 Å². The molecule has 0 saturated heterocycles. The van der Waals surface area contributed by atoms with E-state index < -0.39 is 16.0 Å². The maximum atomic E-state index is 12.5. The van der Waals surface area contributed by atoms with Crippen molar-refractivity contribution in [1.82, 2.24) is 0 Å². The molecular formula is C14H12ClNO5S. The van der Waals surface area contributed by atoms with Gasteiger partial charge >= 0.3 is 5.97 Å². The summed E-state index contributed by atoms with van der Waals surface area (Å²) in [4.78, 5) is 11.0. The fourth-order valence-corrected chi connectivity index (χ4v) is 3.33. The Morgan fingerprint density at radius 1 is 1.23 bits per heavy atom. The molecule has 0 atom stereocenters. The molecule has 0 saturated carbocycles. The quantitative estimate of drug-likeness (QED) is 0.872. The van der Waals surface area contributed by atoms with Crippen LogP contribution >= 0.6 is 11.6 Å². The zero-order chi connectivity index (χ0) is 16.3. The van der Waals surface area contributed by atoms with Crippen LogP contribution in [0.25, 0.3) is 0 Å². The second kappa shape index (κ2) is 6.25. The molecule has 2 rings (SSSR count). The lowest BCUT2D eigenvalue weighted by atomic mass is 10.2. The number of halogens is 1. The van der Waals surface area contributed by atoms with Crippen molar-refractivity contribution in [3.05, 3.63) is 53.1 Å². The predicted octanol–water partition coefficient (Wildman–Crippen LogP) is 2.85. The minimum absolute atomic E-state index is 0.0444. The van der Waals surface area contributed by atoms with Gasteiger partial charge in [0.1, 0.15) is 10.6 Å². The van der Waals surface area contributed by atoms with Gasteiger partial charge in [-0.15, -0.1) is 0 Å². The number of aromatic carboxylic acids is 1. The number of benzene rings is 2. The van der Waals surface area contributed by atoms with Crippen LogP contribution < -0.4 is 9.46 Å². The molecule has 2 aromatic carbocycles. The van der Waals surface area contributed by atoms with Crippen LogP contribution in [0.3, 0.4) is 0 Å². The lowest BCUT2D eigenvalue weighted by Crippen LogP contribution is -2.16. The molecule has 0 heterocycles. The Hall–Kier alpha value is -2.25. The van der Waals surface area contributed by atoms with E-state index in [1.54, 1.807) is 0 Å². The number of methoxy groups -OCH3 is 1. The molecule has 2 N–H and O–H groups in total. The molecule has 0 aromatic heterocycles. The first-order valence-electron chi connectivity index (χ1n) is 6.04. The molecule has 8 heteroatoms. The van der Waals surface area contributed by atoms with Crippen molar-refractivity contribution in [3.63, 3.8) is 0 Å². The Morgan fingerprint density at radius 3 is 2.55 bits per heavy atom. The molecule has 0 fully saturated rings. The fraction of sp³-hybridized carbons (Fsp3) is 0.0714. The average molecular weight is 342 g/mol. The summed E-state index contributed by atoms with van der Waals surface area (Å²) in [5.41, 5.74) is -0.205. The molecule has 0 unspecified atom stereocenters. The Labute approximate surface area is 132 Å². The minimum atomic E-state index is -4.06. The summed E-state index contributed by atoms with van der Waals surface area (Å²) < 4.78 is 32.2. The molecule has 0 aliphatic heterocycles. The van der Waals surface area contributed by atoms with Crippen molar-refractivity contribution in [2.45, 2.75) is 4.90 Å². The third-order valence-electron chi connectivity index (χ3n) is 2.82. The van der Waals surface area contributed by atoms with Crippen LogP contribution in [0.2, 0.25) is 5.02 Å². The van der Waals surface area contributed by atoms with Gasteiger partial charge in [0.15, 0.2) is 0 Å². The number of anilines is 1. The monoisotopic (exact) mass is 341 g/mol. The molecule has 0 radical (unpaired) electrons. The second-order valence-corrected chi connectivity index (χ2v) is 6.34. The van der Waals surface area contributed by atoms with Crippen LogP contribution in [-0.4, -0.2) is 26.6 Å². The Morgan fingerprint density at radius 2 is 1.91 bits per heavy atom. The maximum absolute atomic E-state index is 12.5. The van der Waals surface area contributed by atoms with Gasteiger partial charge in [-0.3, -0.25) is 4.72 Å². The molecule has 0 aliphatic rings. The molecular weight excluding hydrogens is 330 g/mol. The first-order valence-corrected chi connectivity index (χ1v) is 7.90. The van der Waals surface area contributed by atoms with Crippen LogP contribution in [0, 0.1) is 0 Å². The van der Waals surface area contributed by atoms with E-state index in [0.29, 0.717) is 0 Å². The van der Waals surface area contributed by atoms with E-state index in [-0.39, 0.29) is 26.9 Å². The minimum Gasteiger partial charge on any atom is -0.495 e. The largest absolute Gasteiger partial charge is 0.495 e. The standard InChI is InChI=1S/C14H12ClNO5S/c1-21-12-7-6-9(15)8-13(12)22(19,20)16-11-5-3-2-4-10(11)14(17)18/h2-8,16H,1H3,(H,17,18). The number of para-hydroxylation sites is 1.